The summed E-state index contributed by atoms with van der Waals surface area (Å²) in [5.41, 5.74) is 0. The van der Waals surface area contributed by atoms with E-state index in [1.54, 1.807) is 6.08 Å². The first-order valence-electron chi connectivity index (χ1n) is 30.1. The van der Waals surface area contributed by atoms with Crippen LogP contribution in [0.4, 0.5) is 0 Å². The fourth-order valence-corrected chi connectivity index (χ4v) is 9.74. The van der Waals surface area contributed by atoms with E-state index in [1.165, 1.54) is 238 Å². The second-order valence-electron chi connectivity index (χ2n) is 21.1. The van der Waals surface area contributed by atoms with E-state index in [9.17, 15) is 30.3 Å². The van der Waals surface area contributed by atoms with Gasteiger partial charge >= 0.3 is 0 Å². The number of amides is 1. The van der Waals surface area contributed by atoms with Crippen molar-refractivity contribution in [3.05, 3.63) is 24.3 Å². The average Bonchev–Trinajstić information content (AvgIpc) is 3.35. The van der Waals surface area contributed by atoms with Crippen molar-refractivity contribution in [2.24, 2.45) is 0 Å². The minimum atomic E-state index is -1.57. The normalized spacial score (nSPS) is 19.6. The monoisotopic (exact) mass is 978 g/mol. The summed E-state index contributed by atoms with van der Waals surface area (Å²) < 4.78 is 11.3. The second kappa shape index (κ2) is 50.2. The maximum Gasteiger partial charge on any atom is 0.220 e. The zero-order chi connectivity index (χ0) is 50.1. The van der Waals surface area contributed by atoms with Gasteiger partial charge in [0.25, 0.3) is 0 Å². The van der Waals surface area contributed by atoms with E-state index in [0.717, 1.165) is 38.5 Å². The number of unbranched alkanes of at least 4 members (excludes halogenated alkanes) is 40. The predicted molar refractivity (Wildman–Crippen MR) is 290 cm³/mol. The molecule has 0 aromatic heterocycles. The van der Waals surface area contributed by atoms with Crippen LogP contribution >= 0.6 is 0 Å². The van der Waals surface area contributed by atoms with E-state index in [-0.39, 0.29) is 12.5 Å². The van der Waals surface area contributed by atoms with E-state index in [4.69, 9.17) is 9.47 Å². The first-order valence-corrected chi connectivity index (χ1v) is 30.1. The lowest BCUT2D eigenvalue weighted by Gasteiger charge is -2.40. The zero-order valence-corrected chi connectivity index (χ0v) is 45.3. The van der Waals surface area contributed by atoms with Crippen LogP contribution in [0.2, 0.25) is 0 Å². The minimum Gasteiger partial charge on any atom is -0.394 e. The van der Waals surface area contributed by atoms with Crippen molar-refractivity contribution in [1.82, 2.24) is 5.32 Å². The molecule has 1 aliphatic rings. The van der Waals surface area contributed by atoms with E-state index in [0.29, 0.717) is 6.42 Å². The van der Waals surface area contributed by atoms with Gasteiger partial charge < -0.3 is 40.3 Å². The number of ether oxygens (including phenoxy) is 2. The average molecular weight is 979 g/mol. The lowest BCUT2D eigenvalue weighted by molar-refractivity contribution is -0.302. The molecule has 0 radical (unpaired) electrons. The molecule has 0 aliphatic carbocycles. The second-order valence-corrected chi connectivity index (χ2v) is 21.1. The number of allylic oxidation sites excluding steroid dienone is 3. The number of carbonyl (C=O) groups is 1. The Morgan fingerprint density at radius 3 is 1.17 bits per heavy atom. The highest BCUT2D eigenvalue weighted by Crippen LogP contribution is 2.23. The van der Waals surface area contributed by atoms with Crippen LogP contribution in [0.3, 0.4) is 0 Å². The van der Waals surface area contributed by atoms with Crippen LogP contribution in [-0.4, -0.2) is 87.5 Å². The smallest absolute Gasteiger partial charge is 0.220 e. The number of aliphatic hydroxyl groups excluding tert-OH is 5. The molecular formula is C60H115NO8. The van der Waals surface area contributed by atoms with Crippen LogP contribution in [-0.2, 0) is 14.3 Å². The van der Waals surface area contributed by atoms with E-state index < -0.39 is 49.5 Å². The highest BCUT2D eigenvalue weighted by atomic mass is 16.7. The minimum absolute atomic E-state index is 0.173. The predicted octanol–water partition coefficient (Wildman–Crippen LogP) is 15.0. The molecule has 9 heteroatoms. The Bertz CT molecular complexity index is 1130. The molecule has 1 rings (SSSR count). The number of rotatable bonds is 52. The summed E-state index contributed by atoms with van der Waals surface area (Å²) in [5.74, 6) is -0.173. The molecule has 1 heterocycles. The molecule has 0 bridgehead atoms. The molecule has 0 aromatic carbocycles. The molecule has 69 heavy (non-hydrogen) atoms. The van der Waals surface area contributed by atoms with Gasteiger partial charge in [0, 0.05) is 6.42 Å². The number of aliphatic hydroxyl groups is 5. The number of nitrogens with one attached hydrogen (secondary N) is 1. The van der Waals surface area contributed by atoms with Crippen LogP contribution in [0.1, 0.15) is 296 Å². The third kappa shape index (κ3) is 39.8. The molecule has 408 valence electrons. The van der Waals surface area contributed by atoms with Crippen LogP contribution < -0.4 is 5.32 Å². The van der Waals surface area contributed by atoms with Gasteiger partial charge in [0.05, 0.1) is 25.4 Å². The summed E-state index contributed by atoms with van der Waals surface area (Å²) in [6.45, 7) is 3.82. The fourth-order valence-electron chi connectivity index (χ4n) is 9.74. The van der Waals surface area contributed by atoms with Crippen molar-refractivity contribution in [1.29, 1.82) is 0 Å². The molecule has 0 spiro atoms. The molecule has 7 unspecified atom stereocenters. The van der Waals surface area contributed by atoms with Crippen LogP contribution in [0.5, 0.6) is 0 Å². The van der Waals surface area contributed by atoms with Gasteiger partial charge in [-0.15, -0.1) is 0 Å². The maximum atomic E-state index is 13.1. The number of carbonyl (C=O) groups excluding carboxylic acids is 1. The van der Waals surface area contributed by atoms with E-state index >= 15 is 0 Å². The van der Waals surface area contributed by atoms with E-state index in [1.807, 2.05) is 6.08 Å². The quantitative estimate of drug-likeness (QED) is 0.0261. The molecule has 6 N–H and O–H groups in total. The lowest BCUT2D eigenvalue weighted by atomic mass is 9.99. The van der Waals surface area contributed by atoms with Gasteiger partial charge in [0.15, 0.2) is 6.29 Å². The highest BCUT2D eigenvalue weighted by molar-refractivity contribution is 5.76. The summed E-state index contributed by atoms with van der Waals surface area (Å²) in [6, 6.07) is -0.804. The number of hydrogen-bond donors (Lipinski definition) is 6. The maximum absolute atomic E-state index is 13.1. The van der Waals surface area contributed by atoms with Crippen molar-refractivity contribution >= 4 is 5.91 Å². The first-order chi connectivity index (χ1) is 33.8. The van der Waals surface area contributed by atoms with Gasteiger partial charge in [-0.2, -0.15) is 0 Å². The van der Waals surface area contributed by atoms with Crippen LogP contribution in [0.25, 0.3) is 0 Å². The molecule has 0 saturated carbocycles. The Kier molecular flexibility index (Phi) is 47.8. The van der Waals surface area contributed by atoms with Crippen molar-refractivity contribution in [2.75, 3.05) is 13.2 Å². The topological polar surface area (TPSA) is 149 Å². The van der Waals surface area contributed by atoms with Crippen LogP contribution in [0, 0.1) is 0 Å². The Morgan fingerprint density at radius 1 is 0.478 bits per heavy atom. The van der Waals surface area contributed by atoms with Crippen molar-refractivity contribution in [3.63, 3.8) is 0 Å². The van der Waals surface area contributed by atoms with Gasteiger partial charge in [-0.25, -0.2) is 0 Å². The van der Waals surface area contributed by atoms with Crippen molar-refractivity contribution in [2.45, 2.75) is 339 Å². The zero-order valence-electron chi connectivity index (χ0n) is 45.3. The molecule has 1 fully saturated rings. The number of hydrogen-bond acceptors (Lipinski definition) is 8. The first kappa shape index (κ1) is 65.7. The van der Waals surface area contributed by atoms with Crippen molar-refractivity contribution in [3.8, 4) is 0 Å². The largest absolute Gasteiger partial charge is 0.394 e. The Labute approximate surface area is 426 Å². The van der Waals surface area contributed by atoms with Gasteiger partial charge in [0.2, 0.25) is 5.91 Å². The lowest BCUT2D eigenvalue weighted by Crippen LogP contribution is -2.60. The van der Waals surface area contributed by atoms with Gasteiger partial charge in [-0.1, -0.05) is 269 Å². The Hall–Kier alpha value is -1.33. The standard InChI is InChI=1S/C60H115NO8/c1-3-5-7-9-11-13-15-17-19-21-23-24-25-26-27-28-29-30-32-34-36-38-40-42-44-46-48-50-56(64)61-53(52-68-60-59(67)58(66)57(65)55(51-62)69-60)54(63)49-47-45-43-41-39-37-35-33-31-22-20-18-16-14-12-10-8-6-4-2/h26-27,47,49,53-55,57-60,62-63,65-67H,3-25,28-46,48,50-52H2,1-2H3,(H,61,64)/b27-26-,49-47+. The Balaban J connectivity index is 2.19. The Morgan fingerprint density at radius 2 is 0.812 bits per heavy atom. The third-order valence-corrected chi connectivity index (χ3v) is 14.5. The SMILES string of the molecule is CCCCCCCCCCCCCC/C=C\CCCCCCCCCCCCCC(=O)NC(COC1OC(CO)C(O)C(O)C1O)C(O)/C=C/CCCCCCCCCCCCCCCCCCC. The van der Waals surface area contributed by atoms with Gasteiger partial charge in [-0.3, -0.25) is 4.79 Å². The summed E-state index contributed by atoms with van der Waals surface area (Å²) in [7, 11) is 0. The molecule has 1 aliphatic heterocycles. The van der Waals surface area contributed by atoms with E-state index in [2.05, 4.69) is 31.3 Å². The summed E-state index contributed by atoms with van der Waals surface area (Å²) in [4.78, 5) is 13.1. The molecular weight excluding hydrogens is 863 g/mol. The molecule has 0 aromatic rings. The summed E-state index contributed by atoms with van der Waals surface area (Å²) in [5, 5.41) is 54.5. The third-order valence-electron chi connectivity index (χ3n) is 14.5. The van der Waals surface area contributed by atoms with Gasteiger partial charge in [0.1, 0.15) is 24.4 Å². The fraction of sp³-hybridized carbons (Fsp3) is 0.917. The molecule has 9 nitrogen and oxygen atoms in total. The van der Waals surface area contributed by atoms with Gasteiger partial charge in [-0.05, 0) is 44.9 Å². The molecule has 1 saturated heterocycles. The summed E-state index contributed by atoms with van der Waals surface area (Å²) >= 11 is 0. The van der Waals surface area contributed by atoms with Crippen LogP contribution in [0.15, 0.2) is 24.3 Å². The van der Waals surface area contributed by atoms with Crippen molar-refractivity contribution < 1.29 is 39.8 Å². The molecule has 7 atom stereocenters. The highest BCUT2D eigenvalue weighted by Gasteiger charge is 2.44. The molecule has 1 amide bonds. The summed E-state index contributed by atoms with van der Waals surface area (Å²) in [6.07, 6.45) is 56.8.